The minimum atomic E-state index is -4.37. The Hall–Kier alpha value is -1.17. The van der Waals surface area contributed by atoms with Crippen molar-refractivity contribution < 1.29 is 26.3 Å². The molecule has 0 radical (unpaired) electrons. The predicted molar refractivity (Wildman–Crippen MR) is 78.6 cm³/mol. The number of sulfonamides is 1. The summed E-state index contributed by atoms with van der Waals surface area (Å²) >= 11 is 0. The van der Waals surface area contributed by atoms with Gasteiger partial charge in [-0.1, -0.05) is 0 Å². The average Bonchev–Trinajstić information content (AvgIpc) is 2.87. The lowest BCUT2D eigenvalue weighted by Gasteiger charge is -2.33. The number of ether oxygens (including phenoxy) is 1. The van der Waals surface area contributed by atoms with Crippen LogP contribution in [0.15, 0.2) is 6.07 Å². The van der Waals surface area contributed by atoms with Gasteiger partial charge in [0.25, 0.3) is 0 Å². The standard InChI is InChI=1S/C13H19F3N4O3S/c1-24(21,22)19-2-3-20-11(8-19)6-10(17-20)7-18-4-5-23-12(9-18)13(14,15)16/h6,12H,2-5,7-9H2,1H3/t12-/m0/s1. The smallest absolute Gasteiger partial charge is 0.366 e. The molecule has 0 spiro atoms. The molecule has 1 fully saturated rings. The van der Waals surface area contributed by atoms with Gasteiger partial charge >= 0.3 is 6.18 Å². The van der Waals surface area contributed by atoms with Crippen LogP contribution in [0.25, 0.3) is 0 Å². The molecular formula is C13H19F3N4O3S. The van der Waals surface area contributed by atoms with E-state index >= 15 is 0 Å². The zero-order valence-corrected chi connectivity index (χ0v) is 14.0. The lowest BCUT2D eigenvalue weighted by molar-refractivity contribution is -0.237. The molecule has 1 aromatic rings. The van der Waals surface area contributed by atoms with Crippen molar-refractivity contribution in [1.29, 1.82) is 0 Å². The molecule has 3 heterocycles. The number of morpholine rings is 1. The van der Waals surface area contributed by atoms with E-state index in [0.717, 1.165) is 11.9 Å². The highest BCUT2D eigenvalue weighted by molar-refractivity contribution is 7.88. The van der Waals surface area contributed by atoms with Gasteiger partial charge in [-0.15, -0.1) is 0 Å². The van der Waals surface area contributed by atoms with Crippen LogP contribution in [0.3, 0.4) is 0 Å². The van der Waals surface area contributed by atoms with Crippen molar-refractivity contribution in [2.45, 2.75) is 31.9 Å². The number of hydrogen-bond acceptors (Lipinski definition) is 5. The number of aromatic nitrogens is 2. The maximum absolute atomic E-state index is 12.8. The Balaban J connectivity index is 1.66. The molecule has 0 aromatic carbocycles. The SMILES string of the molecule is CS(=O)(=O)N1CCn2nc(CN3CCO[C@H](C(F)(F)F)C3)cc2C1. The van der Waals surface area contributed by atoms with Crippen LogP contribution >= 0.6 is 0 Å². The number of halogens is 3. The molecule has 7 nitrogen and oxygen atoms in total. The Morgan fingerprint density at radius 1 is 1.33 bits per heavy atom. The Morgan fingerprint density at radius 3 is 2.75 bits per heavy atom. The number of nitrogens with zero attached hydrogens (tertiary/aromatic N) is 4. The van der Waals surface area contributed by atoms with E-state index in [1.165, 1.54) is 4.31 Å². The first-order valence-corrected chi connectivity index (χ1v) is 9.39. The summed E-state index contributed by atoms with van der Waals surface area (Å²) in [6, 6.07) is 1.76. The summed E-state index contributed by atoms with van der Waals surface area (Å²) in [6.07, 6.45) is -4.99. The summed E-state index contributed by atoms with van der Waals surface area (Å²) in [5.74, 6) is 0. The van der Waals surface area contributed by atoms with Gasteiger partial charge in [0.2, 0.25) is 10.0 Å². The second-order valence-corrected chi connectivity index (χ2v) is 8.07. The summed E-state index contributed by atoms with van der Waals surface area (Å²) in [5.41, 5.74) is 1.39. The van der Waals surface area contributed by atoms with Crippen molar-refractivity contribution in [3.8, 4) is 0 Å². The van der Waals surface area contributed by atoms with Crippen LogP contribution in [-0.4, -0.2) is 72.2 Å². The molecule has 2 aliphatic heterocycles. The molecule has 0 N–H and O–H groups in total. The molecule has 1 saturated heterocycles. The van der Waals surface area contributed by atoms with Gasteiger partial charge in [-0.05, 0) is 6.07 Å². The third-order valence-corrected chi connectivity index (χ3v) is 5.43. The molecule has 1 atom stereocenters. The summed E-state index contributed by atoms with van der Waals surface area (Å²) in [5, 5.41) is 4.38. The topological polar surface area (TPSA) is 67.7 Å². The molecule has 0 bridgehead atoms. The number of hydrogen-bond donors (Lipinski definition) is 0. The molecule has 136 valence electrons. The first-order valence-electron chi connectivity index (χ1n) is 7.54. The van der Waals surface area contributed by atoms with E-state index in [1.807, 2.05) is 0 Å². The molecular weight excluding hydrogens is 349 g/mol. The van der Waals surface area contributed by atoms with Crippen molar-refractivity contribution in [1.82, 2.24) is 19.0 Å². The van der Waals surface area contributed by atoms with Gasteiger partial charge in [0.05, 0.1) is 37.3 Å². The molecule has 24 heavy (non-hydrogen) atoms. The number of alkyl halides is 3. The molecule has 0 aliphatic carbocycles. The van der Waals surface area contributed by atoms with E-state index in [9.17, 15) is 21.6 Å². The second kappa shape index (κ2) is 6.28. The Morgan fingerprint density at radius 2 is 2.08 bits per heavy atom. The zero-order chi connectivity index (χ0) is 17.5. The van der Waals surface area contributed by atoms with Gasteiger partial charge in [-0.3, -0.25) is 9.58 Å². The Bertz CT molecular complexity index is 704. The summed E-state index contributed by atoms with van der Waals surface area (Å²) in [6.45, 7) is 1.53. The molecule has 0 unspecified atom stereocenters. The monoisotopic (exact) mass is 368 g/mol. The van der Waals surface area contributed by atoms with E-state index in [-0.39, 0.29) is 26.2 Å². The lowest BCUT2D eigenvalue weighted by atomic mass is 10.2. The molecule has 3 rings (SSSR count). The fraction of sp³-hybridized carbons (Fsp3) is 0.769. The lowest BCUT2D eigenvalue weighted by Crippen LogP contribution is -2.48. The van der Waals surface area contributed by atoms with Crippen molar-refractivity contribution in [3.63, 3.8) is 0 Å². The highest BCUT2D eigenvalue weighted by Gasteiger charge is 2.43. The first-order chi connectivity index (χ1) is 11.1. The van der Waals surface area contributed by atoms with Crippen molar-refractivity contribution >= 4 is 10.0 Å². The van der Waals surface area contributed by atoms with Crippen molar-refractivity contribution in [2.24, 2.45) is 0 Å². The van der Waals surface area contributed by atoms with Crippen LogP contribution in [0.4, 0.5) is 13.2 Å². The first kappa shape index (κ1) is 17.6. The van der Waals surface area contributed by atoms with Crippen LogP contribution in [0.2, 0.25) is 0 Å². The predicted octanol–water partition coefficient (Wildman–Crippen LogP) is 0.421. The summed E-state index contributed by atoms with van der Waals surface area (Å²) in [7, 11) is -3.27. The quantitative estimate of drug-likeness (QED) is 0.774. The third-order valence-electron chi connectivity index (χ3n) is 4.18. The average molecular weight is 368 g/mol. The van der Waals surface area contributed by atoms with E-state index in [4.69, 9.17) is 4.74 Å². The fourth-order valence-electron chi connectivity index (χ4n) is 2.94. The van der Waals surface area contributed by atoms with Crippen LogP contribution in [0.5, 0.6) is 0 Å². The molecule has 1 aromatic heterocycles. The van der Waals surface area contributed by atoms with Crippen LogP contribution < -0.4 is 0 Å². The maximum atomic E-state index is 12.8. The molecule has 11 heteroatoms. The Labute approximate surface area is 138 Å². The fourth-order valence-corrected chi connectivity index (χ4v) is 3.72. The van der Waals surface area contributed by atoms with Gasteiger partial charge in [0, 0.05) is 26.2 Å². The zero-order valence-electron chi connectivity index (χ0n) is 13.2. The highest BCUT2D eigenvalue weighted by Crippen LogP contribution is 2.26. The second-order valence-electron chi connectivity index (χ2n) is 6.08. The van der Waals surface area contributed by atoms with E-state index in [2.05, 4.69) is 5.10 Å². The molecule has 0 saturated carbocycles. The van der Waals surface area contributed by atoms with Crippen molar-refractivity contribution in [2.75, 3.05) is 32.5 Å². The van der Waals surface area contributed by atoms with E-state index in [1.54, 1.807) is 15.6 Å². The van der Waals surface area contributed by atoms with E-state index < -0.39 is 22.3 Å². The molecule has 0 amide bonds. The highest BCUT2D eigenvalue weighted by atomic mass is 32.2. The minimum Gasteiger partial charge on any atom is -0.366 e. The van der Waals surface area contributed by atoms with E-state index in [0.29, 0.717) is 25.3 Å². The van der Waals surface area contributed by atoms with Gasteiger partial charge < -0.3 is 4.74 Å². The van der Waals surface area contributed by atoms with Gasteiger partial charge in [0.1, 0.15) is 0 Å². The minimum absolute atomic E-state index is 0.0274. The van der Waals surface area contributed by atoms with Gasteiger partial charge in [0.15, 0.2) is 6.10 Å². The number of rotatable bonds is 3. The third kappa shape index (κ3) is 3.90. The Kier molecular flexibility index (Phi) is 4.62. The van der Waals surface area contributed by atoms with Crippen LogP contribution in [0, 0.1) is 0 Å². The van der Waals surface area contributed by atoms with Crippen LogP contribution in [0.1, 0.15) is 11.4 Å². The normalized spacial score (nSPS) is 24.1. The number of fused-ring (bicyclic) bond motifs is 1. The summed E-state index contributed by atoms with van der Waals surface area (Å²) in [4.78, 5) is 1.66. The maximum Gasteiger partial charge on any atom is 0.415 e. The molecule has 2 aliphatic rings. The largest absolute Gasteiger partial charge is 0.415 e. The van der Waals surface area contributed by atoms with Crippen molar-refractivity contribution in [3.05, 3.63) is 17.5 Å². The van der Waals surface area contributed by atoms with Gasteiger partial charge in [-0.25, -0.2) is 8.42 Å². The summed E-state index contributed by atoms with van der Waals surface area (Å²) < 4.78 is 69.4. The van der Waals surface area contributed by atoms with Gasteiger partial charge in [-0.2, -0.15) is 22.6 Å². The van der Waals surface area contributed by atoms with Crippen LogP contribution in [-0.2, 0) is 34.4 Å².